The summed E-state index contributed by atoms with van der Waals surface area (Å²) in [7, 11) is 4.99. The van der Waals surface area contributed by atoms with E-state index in [-0.39, 0.29) is 43.7 Å². The Morgan fingerprint density at radius 2 is 1.36 bits per heavy atom. The van der Waals surface area contributed by atoms with Crippen molar-refractivity contribution in [3.63, 3.8) is 0 Å². The third kappa shape index (κ3) is 14.7. The molecule has 27 heteroatoms. The Labute approximate surface area is 434 Å². The van der Waals surface area contributed by atoms with Crippen LogP contribution >= 0.6 is 0 Å². The summed E-state index contributed by atoms with van der Waals surface area (Å²) in [5.74, 6) is -11.1. The fraction of sp³-hybridized carbons (Fsp3) is 0.469. The molecule has 5 N–H and O–H groups in total. The number of amides is 8. The van der Waals surface area contributed by atoms with Gasteiger partial charge in [-0.1, -0.05) is 32.0 Å². The Morgan fingerprint density at radius 1 is 0.750 bits per heavy atom. The highest BCUT2D eigenvalue weighted by Gasteiger charge is 2.38. The molecule has 3 aromatic rings. The summed E-state index contributed by atoms with van der Waals surface area (Å²) in [6, 6.07) is 7.41. The van der Waals surface area contributed by atoms with Crippen molar-refractivity contribution >= 4 is 82.0 Å². The number of benzene rings is 1. The molecule has 0 bridgehead atoms. The van der Waals surface area contributed by atoms with E-state index in [1.807, 2.05) is 31.2 Å². The highest BCUT2D eigenvalue weighted by molar-refractivity contribution is 5.96. The Kier molecular flexibility index (Phi) is 19.8. The molecule has 5 rings (SSSR count). The predicted octanol–water partition coefficient (Wildman–Crippen LogP) is -2.24. The van der Waals surface area contributed by atoms with E-state index in [1.54, 1.807) is 13.0 Å². The number of aryl methyl sites for hydroxylation is 1. The van der Waals surface area contributed by atoms with Crippen LogP contribution in [0.3, 0.4) is 0 Å². The maximum absolute atomic E-state index is 13.8. The molecule has 0 fully saturated rings. The number of carboxylic acids is 2. The zero-order valence-corrected chi connectivity index (χ0v) is 42.8. The highest BCUT2D eigenvalue weighted by atomic mass is 16.6. The van der Waals surface area contributed by atoms with Gasteiger partial charge in [-0.15, -0.1) is 0 Å². The summed E-state index contributed by atoms with van der Waals surface area (Å²) in [5, 5.41) is 26.1. The van der Waals surface area contributed by atoms with Gasteiger partial charge in [0, 0.05) is 57.7 Å². The third-order valence-corrected chi connectivity index (χ3v) is 12.3. The van der Waals surface area contributed by atoms with Crippen LogP contribution < -0.4 is 21.5 Å². The van der Waals surface area contributed by atoms with Gasteiger partial charge in [0.05, 0.1) is 81.1 Å². The zero-order chi connectivity index (χ0) is 56.1. The van der Waals surface area contributed by atoms with E-state index in [9.17, 15) is 67.4 Å². The van der Waals surface area contributed by atoms with E-state index < -0.39 is 147 Å². The van der Waals surface area contributed by atoms with E-state index in [2.05, 4.69) is 16.0 Å². The molecule has 1 unspecified atom stereocenters. The van der Waals surface area contributed by atoms with Crippen LogP contribution in [0.15, 0.2) is 35.1 Å². The van der Waals surface area contributed by atoms with Gasteiger partial charge in [0.15, 0.2) is 0 Å². The SMILES string of the molecule is CCCN(CC(=O)NCC(=O)O[C@@H]1C(=O)OCc2c1cc1n(c2=O)Cc2c-1nc1ccccc1c2CC)C(=O)C(CC(=O)O)NC(=O)CN(C)C(=O)CN(C)C(=O)CN(C)C(=O)CN(C)C(=O)CNC(=O)CCC(=O)O. The van der Waals surface area contributed by atoms with Gasteiger partial charge >= 0.3 is 23.9 Å². The lowest BCUT2D eigenvalue weighted by Crippen LogP contribution is -2.54. The molecule has 4 heterocycles. The van der Waals surface area contributed by atoms with Gasteiger partial charge in [-0.25, -0.2) is 9.78 Å². The van der Waals surface area contributed by atoms with Crippen molar-refractivity contribution in [3.05, 3.63) is 62.9 Å². The molecule has 0 saturated heterocycles. The number of hydrogen-bond donors (Lipinski definition) is 5. The standard InChI is InChI=1S/C49H60N10O17/c1-7-15-58(22-36(61)51-19-44(71)76-46-29-16-34-45-30(20-59(34)47(72)31(29)26-75-49(46)74)27(8-2)28-11-9-10-12-32(28)53-45)48(73)33(17-43(69)70)52-37(62)21-54(3)39(64)24-56(5)41(66)25-57(6)40(65)23-55(4)38(63)18-50-35(60)13-14-42(67)68/h9-12,16,33,46H,7-8,13-15,17-26H2,1-6H3,(H,50,60)(H,51,61)(H,52,62)(H,67,68)(H,69,70)/t33?,46-/m0/s1. The second-order valence-electron chi connectivity index (χ2n) is 18.0. The molecule has 408 valence electrons. The molecular weight excluding hydrogens is 1000 g/mol. The Hall–Kier alpha value is -8.78. The molecule has 2 aliphatic rings. The van der Waals surface area contributed by atoms with Crippen LogP contribution in [0, 0.1) is 0 Å². The summed E-state index contributed by atoms with van der Waals surface area (Å²) in [4.78, 5) is 175. The molecule has 0 radical (unpaired) electrons. The number of carboxylic acid groups (broad SMARTS) is 2. The van der Waals surface area contributed by atoms with E-state index in [4.69, 9.17) is 19.6 Å². The molecular formula is C49H60N10O17. The lowest BCUT2D eigenvalue weighted by atomic mass is 9.97. The van der Waals surface area contributed by atoms with Crippen molar-refractivity contribution in [2.45, 2.75) is 71.2 Å². The van der Waals surface area contributed by atoms with Crippen molar-refractivity contribution in [1.82, 2.24) is 50.0 Å². The molecule has 1 aromatic carbocycles. The number of carbonyl (C=O) groups excluding carboxylic acids is 10. The number of pyridine rings is 2. The van der Waals surface area contributed by atoms with Crippen molar-refractivity contribution in [3.8, 4) is 11.4 Å². The van der Waals surface area contributed by atoms with E-state index in [1.165, 1.54) is 32.8 Å². The van der Waals surface area contributed by atoms with Crippen LogP contribution in [-0.2, 0) is 86.6 Å². The summed E-state index contributed by atoms with van der Waals surface area (Å²) >= 11 is 0. The number of nitrogens with zero attached hydrogens (tertiary/aromatic N) is 7. The number of carbonyl (C=O) groups is 12. The average molecular weight is 1060 g/mol. The number of aromatic nitrogens is 2. The fourth-order valence-electron chi connectivity index (χ4n) is 8.26. The summed E-state index contributed by atoms with van der Waals surface area (Å²) < 4.78 is 12.3. The first kappa shape index (κ1) is 58.1. The molecule has 0 spiro atoms. The molecule has 2 atom stereocenters. The first-order chi connectivity index (χ1) is 35.9. The number of rotatable bonds is 25. The first-order valence-corrected chi connectivity index (χ1v) is 24.0. The van der Waals surface area contributed by atoms with E-state index >= 15 is 0 Å². The number of cyclic esters (lactones) is 1. The molecule has 76 heavy (non-hydrogen) atoms. The molecule has 0 saturated carbocycles. The third-order valence-electron chi connectivity index (χ3n) is 12.3. The minimum absolute atomic E-state index is 0.102. The van der Waals surface area contributed by atoms with Crippen molar-refractivity contribution in [1.29, 1.82) is 0 Å². The van der Waals surface area contributed by atoms with Gasteiger partial charge in [0.25, 0.3) is 5.56 Å². The average Bonchev–Trinajstić information content (AvgIpc) is 3.73. The normalized spacial score (nSPS) is 13.3. The van der Waals surface area contributed by atoms with Crippen LogP contribution in [0.2, 0.25) is 0 Å². The quantitative estimate of drug-likeness (QED) is 0.0438. The maximum atomic E-state index is 13.8. The Balaban J connectivity index is 1.12. The maximum Gasteiger partial charge on any atom is 0.352 e. The summed E-state index contributed by atoms with van der Waals surface area (Å²) in [5.41, 5.74) is 3.32. The van der Waals surface area contributed by atoms with E-state index in [0.717, 1.165) is 41.0 Å². The predicted molar refractivity (Wildman–Crippen MR) is 263 cm³/mol. The molecule has 2 aromatic heterocycles. The summed E-state index contributed by atoms with van der Waals surface area (Å²) in [6.07, 6.45) is -2.45. The van der Waals surface area contributed by atoms with E-state index in [0.29, 0.717) is 23.3 Å². The monoisotopic (exact) mass is 1060 g/mol. The molecule has 27 nitrogen and oxygen atoms in total. The molecule has 8 amide bonds. The lowest BCUT2D eigenvalue weighted by molar-refractivity contribution is -0.171. The Bertz CT molecular complexity index is 2900. The topological polar surface area (TPSA) is 351 Å². The minimum atomic E-state index is -1.73. The zero-order valence-electron chi connectivity index (χ0n) is 42.8. The fourth-order valence-corrected chi connectivity index (χ4v) is 8.26. The van der Waals surface area contributed by atoms with Crippen molar-refractivity contribution in [2.24, 2.45) is 0 Å². The van der Waals surface area contributed by atoms with Crippen LogP contribution in [0.4, 0.5) is 0 Å². The number of para-hydroxylation sites is 1. The highest BCUT2D eigenvalue weighted by Crippen LogP contribution is 2.38. The number of ether oxygens (including phenoxy) is 2. The second-order valence-corrected chi connectivity index (χ2v) is 18.0. The number of aliphatic carboxylic acids is 2. The number of fused-ring (bicyclic) bond motifs is 5. The van der Waals surface area contributed by atoms with Gasteiger partial charge in [-0.05, 0) is 30.5 Å². The second kappa shape index (κ2) is 25.9. The van der Waals surface area contributed by atoms with Crippen molar-refractivity contribution < 1.29 is 77.2 Å². The molecule has 2 aliphatic heterocycles. The van der Waals surface area contributed by atoms with Crippen LogP contribution in [-0.4, -0.2) is 202 Å². The number of nitrogens with one attached hydrogen (secondary N) is 3. The van der Waals surface area contributed by atoms with Gasteiger partial charge in [-0.2, -0.15) is 0 Å². The lowest BCUT2D eigenvalue weighted by Gasteiger charge is -2.28. The largest absolute Gasteiger partial charge is 0.481 e. The Morgan fingerprint density at radius 3 is 1.96 bits per heavy atom. The first-order valence-electron chi connectivity index (χ1n) is 24.0. The number of hydrogen-bond acceptors (Lipinski definition) is 16. The van der Waals surface area contributed by atoms with Gasteiger partial charge in [-0.3, -0.25) is 57.5 Å². The number of likely N-dealkylation sites (N-methyl/N-ethyl adjacent to an activating group) is 4. The van der Waals surface area contributed by atoms with Crippen LogP contribution in [0.1, 0.15) is 67.9 Å². The van der Waals surface area contributed by atoms with Crippen LogP contribution in [0.5, 0.6) is 0 Å². The molecule has 0 aliphatic carbocycles. The summed E-state index contributed by atoms with van der Waals surface area (Å²) in [6.45, 7) is -0.909. The van der Waals surface area contributed by atoms with Gasteiger partial charge in [0.2, 0.25) is 53.4 Å². The smallest absolute Gasteiger partial charge is 0.352 e. The van der Waals surface area contributed by atoms with Gasteiger partial charge < -0.3 is 64.7 Å². The minimum Gasteiger partial charge on any atom is -0.481 e. The van der Waals surface area contributed by atoms with Gasteiger partial charge in [0.1, 0.15) is 19.2 Å². The van der Waals surface area contributed by atoms with Crippen molar-refractivity contribution in [2.75, 3.05) is 80.5 Å². The van der Waals surface area contributed by atoms with Crippen LogP contribution in [0.25, 0.3) is 22.3 Å². The number of esters is 2.